The second-order valence-electron chi connectivity index (χ2n) is 6.78. The molecule has 1 aliphatic heterocycles. The molecule has 1 aliphatic carbocycles. The maximum absolute atomic E-state index is 12.6. The highest BCUT2D eigenvalue weighted by molar-refractivity contribution is 5.79. The van der Waals surface area contributed by atoms with Crippen molar-refractivity contribution in [3.63, 3.8) is 0 Å². The van der Waals surface area contributed by atoms with Crippen molar-refractivity contribution < 1.29 is 4.79 Å². The Labute approximate surface area is 117 Å². The van der Waals surface area contributed by atoms with Crippen LogP contribution in [0.1, 0.15) is 39.0 Å². The molecule has 1 amide bonds. The Hall–Kier alpha value is -0.610. The van der Waals surface area contributed by atoms with Gasteiger partial charge in [-0.25, -0.2) is 0 Å². The molecule has 0 aromatic rings. The average Bonchev–Trinajstić information content (AvgIpc) is 2.36. The van der Waals surface area contributed by atoms with E-state index in [4.69, 9.17) is 5.73 Å². The van der Waals surface area contributed by atoms with Gasteiger partial charge in [0, 0.05) is 31.6 Å². The number of likely N-dealkylation sites (N-methyl/N-ethyl adjacent to an activating group) is 2. The van der Waals surface area contributed by atoms with Crippen molar-refractivity contribution in [2.45, 2.75) is 51.1 Å². The maximum Gasteiger partial charge on any atom is 0.225 e. The van der Waals surface area contributed by atoms with Gasteiger partial charge in [0.1, 0.15) is 0 Å². The third-order valence-electron chi connectivity index (χ3n) is 4.82. The maximum atomic E-state index is 12.6. The summed E-state index contributed by atoms with van der Waals surface area (Å²) in [5.41, 5.74) is 6.08. The summed E-state index contributed by atoms with van der Waals surface area (Å²) in [4.78, 5) is 17.0. The van der Waals surface area contributed by atoms with Crippen molar-refractivity contribution in [3.8, 4) is 0 Å². The Morgan fingerprint density at radius 1 is 1.32 bits per heavy atom. The van der Waals surface area contributed by atoms with Crippen LogP contribution in [0.2, 0.25) is 0 Å². The van der Waals surface area contributed by atoms with Gasteiger partial charge < -0.3 is 15.5 Å². The van der Waals surface area contributed by atoms with Gasteiger partial charge in [-0.1, -0.05) is 6.92 Å². The van der Waals surface area contributed by atoms with Crippen LogP contribution < -0.4 is 5.73 Å². The quantitative estimate of drug-likeness (QED) is 0.820. The van der Waals surface area contributed by atoms with Gasteiger partial charge >= 0.3 is 0 Å². The number of hydrogen-bond acceptors (Lipinski definition) is 3. The van der Waals surface area contributed by atoms with Gasteiger partial charge in [0.2, 0.25) is 5.91 Å². The lowest BCUT2D eigenvalue weighted by Crippen LogP contribution is -2.50. The first-order chi connectivity index (χ1) is 8.97. The van der Waals surface area contributed by atoms with Gasteiger partial charge in [-0.15, -0.1) is 0 Å². The number of likely N-dealkylation sites (tertiary alicyclic amines) is 1. The van der Waals surface area contributed by atoms with Crippen molar-refractivity contribution in [1.29, 1.82) is 0 Å². The van der Waals surface area contributed by atoms with Crippen LogP contribution in [0.3, 0.4) is 0 Å². The lowest BCUT2D eigenvalue weighted by atomic mass is 9.79. The number of hydrogen-bond donors (Lipinski definition) is 1. The number of piperidine rings is 1. The highest BCUT2D eigenvalue weighted by atomic mass is 16.2. The van der Waals surface area contributed by atoms with Gasteiger partial charge in [0.15, 0.2) is 0 Å². The van der Waals surface area contributed by atoms with E-state index in [1.807, 2.05) is 11.9 Å². The molecule has 2 N–H and O–H groups in total. The number of amides is 1. The van der Waals surface area contributed by atoms with E-state index in [-0.39, 0.29) is 12.0 Å². The Bertz CT molecular complexity index is 311. The van der Waals surface area contributed by atoms with Crippen LogP contribution in [0.25, 0.3) is 0 Å². The Balaban J connectivity index is 1.94. The lowest BCUT2D eigenvalue weighted by molar-refractivity contribution is -0.139. The van der Waals surface area contributed by atoms with E-state index >= 15 is 0 Å². The number of carbonyl (C=O) groups is 1. The number of carbonyl (C=O) groups excluding carboxylic acids is 1. The van der Waals surface area contributed by atoms with Crippen LogP contribution >= 0.6 is 0 Å². The zero-order chi connectivity index (χ0) is 14.0. The Kier molecular flexibility index (Phi) is 4.85. The summed E-state index contributed by atoms with van der Waals surface area (Å²) in [5, 5.41) is 0. The van der Waals surface area contributed by atoms with Crippen molar-refractivity contribution in [1.82, 2.24) is 9.80 Å². The highest BCUT2D eigenvalue weighted by Gasteiger charge is 2.33. The van der Waals surface area contributed by atoms with E-state index in [2.05, 4.69) is 18.9 Å². The fraction of sp³-hybridized carbons (Fsp3) is 0.933. The summed E-state index contributed by atoms with van der Waals surface area (Å²) in [5.74, 6) is 1.05. The molecule has 2 rings (SSSR count). The third kappa shape index (κ3) is 3.69. The van der Waals surface area contributed by atoms with Gasteiger partial charge in [0.05, 0.1) is 0 Å². The van der Waals surface area contributed by atoms with Gasteiger partial charge in [0.25, 0.3) is 0 Å². The molecular weight excluding hydrogens is 238 g/mol. The minimum Gasteiger partial charge on any atom is -0.341 e. The van der Waals surface area contributed by atoms with E-state index in [0.717, 1.165) is 38.8 Å². The molecule has 4 unspecified atom stereocenters. The molecule has 1 heterocycles. The number of rotatable bonds is 2. The minimum absolute atomic E-state index is 0.149. The molecule has 2 aliphatic rings. The average molecular weight is 267 g/mol. The number of nitrogens with two attached hydrogens (primary N) is 1. The van der Waals surface area contributed by atoms with E-state index in [9.17, 15) is 4.79 Å². The van der Waals surface area contributed by atoms with Crippen LogP contribution in [0.15, 0.2) is 0 Å². The van der Waals surface area contributed by atoms with Crippen LogP contribution in [0, 0.1) is 11.8 Å². The molecule has 4 nitrogen and oxygen atoms in total. The predicted molar refractivity (Wildman–Crippen MR) is 77.8 cm³/mol. The van der Waals surface area contributed by atoms with E-state index in [1.54, 1.807) is 0 Å². The first kappa shape index (κ1) is 14.8. The lowest BCUT2D eigenvalue weighted by Gasteiger charge is -2.39. The summed E-state index contributed by atoms with van der Waals surface area (Å²) >= 11 is 0. The molecular formula is C15H29N3O. The summed E-state index contributed by atoms with van der Waals surface area (Å²) < 4.78 is 0. The largest absolute Gasteiger partial charge is 0.341 e. The van der Waals surface area contributed by atoms with Gasteiger partial charge in [-0.2, -0.15) is 0 Å². The van der Waals surface area contributed by atoms with Crippen LogP contribution in [-0.4, -0.2) is 55.0 Å². The zero-order valence-corrected chi connectivity index (χ0v) is 12.6. The molecule has 2 fully saturated rings. The van der Waals surface area contributed by atoms with Crippen molar-refractivity contribution in [2.75, 3.05) is 27.2 Å². The minimum atomic E-state index is 0.149. The summed E-state index contributed by atoms with van der Waals surface area (Å²) in [6, 6.07) is 0.597. The van der Waals surface area contributed by atoms with E-state index in [0.29, 0.717) is 17.9 Å². The number of nitrogens with zero attached hydrogens (tertiary/aromatic N) is 2. The second kappa shape index (κ2) is 6.23. The molecule has 0 aromatic heterocycles. The molecule has 19 heavy (non-hydrogen) atoms. The predicted octanol–water partition coefficient (Wildman–Crippen LogP) is 1.30. The smallest absolute Gasteiger partial charge is 0.225 e. The molecule has 0 spiro atoms. The fourth-order valence-corrected chi connectivity index (χ4v) is 3.78. The third-order valence-corrected chi connectivity index (χ3v) is 4.82. The Morgan fingerprint density at radius 3 is 2.68 bits per heavy atom. The topological polar surface area (TPSA) is 49.6 Å². The van der Waals surface area contributed by atoms with Crippen LogP contribution in [-0.2, 0) is 4.79 Å². The molecule has 0 bridgehead atoms. The summed E-state index contributed by atoms with van der Waals surface area (Å²) in [6.07, 6.45) is 5.29. The molecule has 4 heteroatoms. The van der Waals surface area contributed by atoms with E-state index < -0.39 is 0 Å². The van der Waals surface area contributed by atoms with Crippen molar-refractivity contribution in [3.05, 3.63) is 0 Å². The monoisotopic (exact) mass is 267 g/mol. The summed E-state index contributed by atoms with van der Waals surface area (Å²) in [7, 11) is 4.13. The zero-order valence-electron chi connectivity index (χ0n) is 12.6. The highest BCUT2D eigenvalue weighted by Crippen LogP contribution is 2.30. The molecule has 1 saturated carbocycles. The van der Waals surface area contributed by atoms with Crippen molar-refractivity contribution >= 4 is 5.91 Å². The van der Waals surface area contributed by atoms with Crippen molar-refractivity contribution in [2.24, 2.45) is 17.6 Å². The molecule has 110 valence electrons. The Morgan fingerprint density at radius 2 is 2.05 bits per heavy atom. The second-order valence-corrected chi connectivity index (χ2v) is 6.78. The van der Waals surface area contributed by atoms with E-state index in [1.165, 1.54) is 6.42 Å². The van der Waals surface area contributed by atoms with Crippen LogP contribution in [0.5, 0.6) is 0 Å². The van der Waals surface area contributed by atoms with Crippen LogP contribution in [0.4, 0.5) is 0 Å². The fourth-order valence-electron chi connectivity index (χ4n) is 3.78. The molecule has 4 atom stereocenters. The first-order valence-electron chi connectivity index (χ1n) is 7.68. The SMILES string of the molecule is CC1CC(N)CC(C(=O)N(C)C2CCCN(C)C2)C1. The molecule has 0 radical (unpaired) electrons. The summed E-state index contributed by atoms with van der Waals surface area (Å²) in [6.45, 7) is 4.38. The standard InChI is InChI=1S/C15H29N3O/c1-11-7-12(9-13(16)8-11)15(19)18(3)14-5-4-6-17(2)10-14/h11-14H,4-10,16H2,1-3H3. The van der Waals surface area contributed by atoms with Gasteiger partial charge in [-0.3, -0.25) is 4.79 Å². The normalized spacial score (nSPS) is 37.1. The molecule has 1 saturated heterocycles. The van der Waals surface area contributed by atoms with Gasteiger partial charge in [-0.05, 0) is 51.6 Å². The molecule has 0 aromatic carbocycles. The first-order valence-corrected chi connectivity index (χ1v) is 7.68.